The minimum absolute atomic E-state index is 0. The number of rotatable bonds is 5. The summed E-state index contributed by atoms with van der Waals surface area (Å²) in [7, 11) is 2.03. The standard InChI is InChI=1S/C13H20ClN.ClH/c1-4-9-13(2,15-3)10-11-5-7-12(14)8-6-11;/h5-8,15H,4,9-10H2,1-3H3;1H. The van der Waals surface area contributed by atoms with E-state index in [1.54, 1.807) is 0 Å². The van der Waals surface area contributed by atoms with Crippen LogP contribution in [0, 0.1) is 0 Å². The zero-order chi connectivity index (χ0) is 11.3. The highest BCUT2D eigenvalue weighted by Crippen LogP contribution is 2.19. The Hall–Kier alpha value is -0.240. The van der Waals surface area contributed by atoms with Crippen molar-refractivity contribution >= 4 is 24.0 Å². The van der Waals surface area contributed by atoms with Gasteiger partial charge in [0.05, 0.1) is 0 Å². The Morgan fingerprint density at radius 2 is 1.81 bits per heavy atom. The minimum Gasteiger partial charge on any atom is -0.314 e. The molecule has 1 atom stereocenters. The summed E-state index contributed by atoms with van der Waals surface area (Å²) in [6, 6.07) is 8.12. The van der Waals surface area contributed by atoms with Crippen molar-refractivity contribution in [1.82, 2.24) is 5.32 Å². The monoisotopic (exact) mass is 261 g/mol. The number of halogens is 2. The fourth-order valence-electron chi connectivity index (χ4n) is 1.91. The lowest BCUT2D eigenvalue weighted by Gasteiger charge is -2.29. The normalized spacial score (nSPS) is 14.0. The summed E-state index contributed by atoms with van der Waals surface area (Å²) in [6.45, 7) is 4.49. The third kappa shape index (κ3) is 4.73. The van der Waals surface area contributed by atoms with E-state index in [0.29, 0.717) is 0 Å². The molecule has 0 aliphatic heterocycles. The van der Waals surface area contributed by atoms with Gasteiger partial charge in [-0.3, -0.25) is 0 Å². The van der Waals surface area contributed by atoms with Gasteiger partial charge in [-0.05, 0) is 44.5 Å². The van der Waals surface area contributed by atoms with Gasteiger partial charge >= 0.3 is 0 Å². The van der Waals surface area contributed by atoms with Crippen molar-refractivity contribution in [3.05, 3.63) is 34.9 Å². The van der Waals surface area contributed by atoms with Gasteiger partial charge in [0.15, 0.2) is 0 Å². The molecule has 0 aromatic heterocycles. The number of benzene rings is 1. The van der Waals surface area contributed by atoms with Crippen LogP contribution in [0.15, 0.2) is 24.3 Å². The highest BCUT2D eigenvalue weighted by Gasteiger charge is 2.20. The van der Waals surface area contributed by atoms with Gasteiger partial charge in [0.1, 0.15) is 0 Å². The van der Waals surface area contributed by atoms with Gasteiger partial charge in [-0.2, -0.15) is 0 Å². The molecule has 1 unspecified atom stereocenters. The van der Waals surface area contributed by atoms with E-state index in [1.165, 1.54) is 18.4 Å². The topological polar surface area (TPSA) is 12.0 Å². The summed E-state index contributed by atoms with van der Waals surface area (Å²) < 4.78 is 0. The van der Waals surface area contributed by atoms with E-state index in [4.69, 9.17) is 11.6 Å². The summed E-state index contributed by atoms with van der Waals surface area (Å²) >= 11 is 5.86. The molecule has 0 radical (unpaired) electrons. The molecule has 3 heteroatoms. The molecular weight excluding hydrogens is 241 g/mol. The van der Waals surface area contributed by atoms with E-state index in [0.717, 1.165) is 11.4 Å². The highest BCUT2D eigenvalue weighted by atomic mass is 35.5. The third-order valence-corrected chi connectivity index (χ3v) is 3.16. The van der Waals surface area contributed by atoms with Crippen LogP contribution >= 0.6 is 24.0 Å². The van der Waals surface area contributed by atoms with Crippen molar-refractivity contribution in [3.63, 3.8) is 0 Å². The van der Waals surface area contributed by atoms with Crippen molar-refractivity contribution < 1.29 is 0 Å². The Labute approximate surface area is 110 Å². The fourth-order valence-corrected chi connectivity index (χ4v) is 2.03. The maximum Gasteiger partial charge on any atom is 0.0406 e. The molecule has 0 saturated carbocycles. The molecule has 1 rings (SSSR count). The number of hydrogen-bond acceptors (Lipinski definition) is 1. The number of likely N-dealkylation sites (N-methyl/N-ethyl adjacent to an activating group) is 1. The van der Waals surface area contributed by atoms with E-state index in [1.807, 2.05) is 19.2 Å². The Morgan fingerprint density at radius 3 is 2.25 bits per heavy atom. The van der Waals surface area contributed by atoms with Crippen molar-refractivity contribution in [3.8, 4) is 0 Å². The van der Waals surface area contributed by atoms with Crippen LogP contribution < -0.4 is 5.32 Å². The first-order chi connectivity index (χ1) is 7.09. The average molecular weight is 262 g/mol. The Kier molecular flexibility index (Phi) is 7.05. The average Bonchev–Trinajstić information content (AvgIpc) is 2.22. The Morgan fingerprint density at radius 1 is 1.25 bits per heavy atom. The maximum absolute atomic E-state index is 5.86. The lowest BCUT2D eigenvalue weighted by Crippen LogP contribution is -2.41. The van der Waals surface area contributed by atoms with Gasteiger partial charge in [0.25, 0.3) is 0 Å². The van der Waals surface area contributed by atoms with Gasteiger partial charge in [0.2, 0.25) is 0 Å². The predicted molar refractivity (Wildman–Crippen MR) is 74.8 cm³/mol. The van der Waals surface area contributed by atoms with E-state index in [9.17, 15) is 0 Å². The lowest BCUT2D eigenvalue weighted by molar-refractivity contribution is 0.351. The first-order valence-corrected chi connectivity index (χ1v) is 5.91. The minimum atomic E-state index is 0. The first kappa shape index (κ1) is 15.8. The van der Waals surface area contributed by atoms with E-state index in [2.05, 4.69) is 31.3 Å². The van der Waals surface area contributed by atoms with Crippen LogP contribution in [-0.2, 0) is 6.42 Å². The van der Waals surface area contributed by atoms with Crippen molar-refractivity contribution in [2.24, 2.45) is 0 Å². The second kappa shape index (κ2) is 7.16. The molecule has 1 aromatic carbocycles. The molecule has 1 aromatic rings. The molecule has 92 valence electrons. The van der Waals surface area contributed by atoms with E-state index >= 15 is 0 Å². The van der Waals surface area contributed by atoms with Crippen LogP contribution in [0.1, 0.15) is 32.3 Å². The molecule has 0 aliphatic rings. The number of nitrogens with one attached hydrogen (secondary N) is 1. The molecule has 0 spiro atoms. The number of hydrogen-bond donors (Lipinski definition) is 1. The first-order valence-electron chi connectivity index (χ1n) is 5.53. The SMILES string of the molecule is CCCC(C)(Cc1ccc(Cl)cc1)NC.Cl. The Bertz CT molecular complexity index is 297. The molecule has 0 aliphatic carbocycles. The molecule has 16 heavy (non-hydrogen) atoms. The van der Waals surface area contributed by atoms with Gasteiger partial charge in [-0.25, -0.2) is 0 Å². The zero-order valence-electron chi connectivity index (χ0n) is 10.2. The molecule has 0 amide bonds. The van der Waals surface area contributed by atoms with Crippen LogP contribution in [0.2, 0.25) is 5.02 Å². The van der Waals surface area contributed by atoms with Crippen molar-refractivity contribution in [1.29, 1.82) is 0 Å². The summed E-state index contributed by atoms with van der Waals surface area (Å²) in [6.07, 6.45) is 3.44. The van der Waals surface area contributed by atoms with Crippen molar-refractivity contribution in [2.75, 3.05) is 7.05 Å². The van der Waals surface area contributed by atoms with Crippen LogP contribution in [0.5, 0.6) is 0 Å². The van der Waals surface area contributed by atoms with Gasteiger partial charge < -0.3 is 5.32 Å². The quantitative estimate of drug-likeness (QED) is 0.843. The second-order valence-electron chi connectivity index (χ2n) is 4.36. The molecule has 1 N–H and O–H groups in total. The second-order valence-corrected chi connectivity index (χ2v) is 4.80. The summed E-state index contributed by atoms with van der Waals surface area (Å²) in [4.78, 5) is 0. The van der Waals surface area contributed by atoms with Crippen molar-refractivity contribution in [2.45, 2.75) is 38.6 Å². The molecular formula is C13H21Cl2N. The Balaban J connectivity index is 0.00000225. The molecule has 0 fully saturated rings. The van der Waals surface area contributed by atoms with Crippen LogP contribution in [-0.4, -0.2) is 12.6 Å². The maximum atomic E-state index is 5.86. The smallest absolute Gasteiger partial charge is 0.0406 e. The van der Waals surface area contributed by atoms with Gasteiger partial charge in [-0.1, -0.05) is 37.1 Å². The lowest BCUT2D eigenvalue weighted by atomic mass is 9.89. The summed E-state index contributed by atoms with van der Waals surface area (Å²) in [5, 5.41) is 4.22. The largest absolute Gasteiger partial charge is 0.314 e. The van der Waals surface area contributed by atoms with Crippen LogP contribution in [0.3, 0.4) is 0 Å². The fraction of sp³-hybridized carbons (Fsp3) is 0.538. The molecule has 0 bridgehead atoms. The predicted octanol–water partition coefficient (Wildman–Crippen LogP) is 4.08. The molecule has 1 nitrogen and oxygen atoms in total. The molecule has 0 saturated heterocycles. The highest BCUT2D eigenvalue weighted by molar-refractivity contribution is 6.30. The van der Waals surface area contributed by atoms with E-state index in [-0.39, 0.29) is 17.9 Å². The summed E-state index contributed by atoms with van der Waals surface area (Å²) in [5.74, 6) is 0. The zero-order valence-corrected chi connectivity index (χ0v) is 11.8. The van der Waals surface area contributed by atoms with Gasteiger partial charge in [0, 0.05) is 10.6 Å². The van der Waals surface area contributed by atoms with Crippen LogP contribution in [0.4, 0.5) is 0 Å². The third-order valence-electron chi connectivity index (χ3n) is 2.91. The van der Waals surface area contributed by atoms with Gasteiger partial charge in [-0.15, -0.1) is 12.4 Å². The summed E-state index contributed by atoms with van der Waals surface area (Å²) in [5.41, 5.74) is 1.53. The van der Waals surface area contributed by atoms with E-state index < -0.39 is 0 Å². The van der Waals surface area contributed by atoms with Crippen LogP contribution in [0.25, 0.3) is 0 Å². The molecule has 0 heterocycles.